The number of hydrogen-bond donors (Lipinski definition) is 1. The van der Waals surface area contributed by atoms with Gasteiger partial charge in [-0.2, -0.15) is 5.26 Å². The van der Waals surface area contributed by atoms with E-state index in [2.05, 4.69) is 10.3 Å². The van der Waals surface area contributed by atoms with Gasteiger partial charge in [0.05, 0.1) is 18.2 Å². The molecule has 1 amide bonds. The monoisotopic (exact) mass is 294 g/mol. The molecule has 0 fully saturated rings. The van der Waals surface area contributed by atoms with E-state index in [-0.39, 0.29) is 11.5 Å². The third-order valence-corrected chi connectivity index (χ3v) is 3.13. The summed E-state index contributed by atoms with van der Waals surface area (Å²) in [5.74, 6) is -0.350. The van der Waals surface area contributed by atoms with Crippen LogP contribution in [0.4, 0.5) is 0 Å². The molecule has 22 heavy (non-hydrogen) atoms. The first-order valence-corrected chi connectivity index (χ1v) is 7.18. The van der Waals surface area contributed by atoms with Crippen LogP contribution in [0.1, 0.15) is 24.6 Å². The van der Waals surface area contributed by atoms with Crippen LogP contribution in [0.3, 0.4) is 0 Å². The van der Waals surface area contributed by atoms with Gasteiger partial charge in [0.2, 0.25) is 0 Å². The van der Waals surface area contributed by atoms with Crippen LogP contribution in [-0.4, -0.2) is 22.0 Å². The van der Waals surface area contributed by atoms with Crippen molar-refractivity contribution >= 4 is 12.0 Å². The fourth-order valence-corrected chi connectivity index (χ4v) is 1.99. The molecule has 2 aromatic rings. The molecule has 0 unspecified atom stereocenters. The Bertz CT molecular complexity index is 695. The number of amides is 1. The van der Waals surface area contributed by atoms with E-state index in [1.54, 1.807) is 18.6 Å². The Kier molecular flexibility index (Phi) is 5.50. The number of imidazole rings is 1. The third-order valence-electron chi connectivity index (χ3n) is 3.13. The van der Waals surface area contributed by atoms with Crippen molar-refractivity contribution in [2.45, 2.75) is 19.9 Å². The maximum atomic E-state index is 11.9. The van der Waals surface area contributed by atoms with Crippen LogP contribution >= 0.6 is 0 Å². The lowest BCUT2D eigenvalue weighted by Crippen LogP contribution is -2.25. The normalized spacial score (nSPS) is 11.0. The molecule has 1 aromatic heterocycles. The van der Waals surface area contributed by atoms with Crippen molar-refractivity contribution in [3.63, 3.8) is 0 Å². The molecule has 1 heterocycles. The zero-order valence-corrected chi connectivity index (χ0v) is 12.5. The van der Waals surface area contributed by atoms with Crippen molar-refractivity contribution in [2.75, 3.05) is 6.54 Å². The second-order valence-corrected chi connectivity index (χ2v) is 4.86. The second kappa shape index (κ2) is 7.79. The highest BCUT2D eigenvalue weighted by Gasteiger charge is 2.10. The zero-order valence-electron chi connectivity index (χ0n) is 12.5. The van der Waals surface area contributed by atoms with Crippen LogP contribution < -0.4 is 5.32 Å². The summed E-state index contributed by atoms with van der Waals surface area (Å²) in [6, 6.07) is 11.9. The molecule has 2 rings (SSSR count). The zero-order chi connectivity index (χ0) is 15.8. The summed E-state index contributed by atoms with van der Waals surface area (Å²) in [5, 5.41) is 11.9. The topological polar surface area (TPSA) is 70.7 Å². The number of nitrogens with zero attached hydrogens (tertiary/aromatic N) is 3. The molecule has 0 atom stereocenters. The lowest BCUT2D eigenvalue weighted by molar-refractivity contribution is -0.117. The van der Waals surface area contributed by atoms with Crippen molar-refractivity contribution in [3.8, 4) is 6.07 Å². The maximum Gasteiger partial charge on any atom is 0.262 e. The lowest BCUT2D eigenvalue weighted by Gasteiger charge is -2.06. The van der Waals surface area contributed by atoms with Gasteiger partial charge in [0.1, 0.15) is 11.6 Å². The molecule has 5 heteroatoms. The second-order valence-electron chi connectivity index (χ2n) is 4.86. The van der Waals surface area contributed by atoms with Crippen LogP contribution in [0.5, 0.6) is 0 Å². The first-order chi connectivity index (χ1) is 10.7. The lowest BCUT2D eigenvalue weighted by atomic mass is 10.2. The Morgan fingerprint density at radius 2 is 2.18 bits per heavy atom. The summed E-state index contributed by atoms with van der Waals surface area (Å²) in [6.45, 7) is 3.16. The Morgan fingerprint density at radius 3 is 2.86 bits per heavy atom. The minimum Gasteiger partial charge on any atom is -0.351 e. The maximum absolute atomic E-state index is 11.9. The van der Waals surface area contributed by atoms with Crippen LogP contribution in [0, 0.1) is 11.3 Å². The standard InChI is InChI=1S/C17H18N4O/c1-2-8-20-17(22)15(10-18)9-16-11-19-13-21(16)12-14-6-4-3-5-7-14/h3-7,9,11,13H,2,8,12H2,1H3,(H,20,22)/b15-9+. The predicted octanol–water partition coefficient (Wildman–Crippen LogP) is 2.36. The number of carbonyl (C=O) groups excluding carboxylic acids is 1. The molecule has 0 aliphatic heterocycles. The predicted molar refractivity (Wildman–Crippen MR) is 84.7 cm³/mol. The average molecular weight is 294 g/mol. The molecule has 112 valence electrons. The van der Waals surface area contributed by atoms with Crippen molar-refractivity contribution in [3.05, 3.63) is 59.7 Å². The van der Waals surface area contributed by atoms with Gasteiger partial charge in [-0.15, -0.1) is 0 Å². The fourth-order valence-electron chi connectivity index (χ4n) is 1.99. The first-order valence-electron chi connectivity index (χ1n) is 7.18. The van der Waals surface area contributed by atoms with E-state index in [9.17, 15) is 4.79 Å². The smallest absolute Gasteiger partial charge is 0.262 e. The van der Waals surface area contributed by atoms with E-state index in [0.29, 0.717) is 13.1 Å². The Hall–Kier alpha value is -2.87. The summed E-state index contributed by atoms with van der Waals surface area (Å²) in [7, 11) is 0. The molecule has 0 radical (unpaired) electrons. The summed E-state index contributed by atoms with van der Waals surface area (Å²) < 4.78 is 1.90. The van der Waals surface area contributed by atoms with E-state index >= 15 is 0 Å². The van der Waals surface area contributed by atoms with Crippen molar-refractivity contribution in [1.82, 2.24) is 14.9 Å². The number of carbonyl (C=O) groups is 1. The number of rotatable bonds is 6. The number of benzene rings is 1. The Balaban J connectivity index is 2.19. The molecular weight excluding hydrogens is 276 g/mol. The highest BCUT2D eigenvalue weighted by molar-refractivity contribution is 6.01. The number of nitriles is 1. The summed E-state index contributed by atoms with van der Waals surface area (Å²) >= 11 is 0. The van der Waals surface area contributed by atoms with E-state index < -0.39 is 0 Å². The van der Waals surface area contributed by atoms with Gasteiger partial charge in [0.15, 0.2) is 0 Å². The van der Waals surface area contributed by atoms with Crippen molar-refractivity contribution < 1.29 is 4.79 Å². The first kappa shape index (κ1) is 15.5. The van der Waals surface area contributed by atoms with E-state index in [1.165, 1.54) is 0 Å². The summed E-state index contributed by atoms with van der Waals surface area (Å²) in [6.07, 6.45) is 5.74. The molecule has 0 spiro atoms. The largest absolute Gasteiger partial charge is 0.351 e. The van der Waals surface area contributed by atoms with E-state index in [0.717, 1.165) is 17.7 Å². The van der Waals surface area contributed by atoms with Gasteiger partial charge in [-0.3, -0.25) is 4.79 Å². The van der Waals surface area contributed by atoms with E-state index in [1.807, 2.05) is 47.9 Å². The Labute approximate surface area is 129 Å². The summed E-state index contributed by atoms with van der Waals surface area (Å²) in [4.78, 5) is 16.0. The molecule has 0 aliphatic carbocycles. The molecule has 0 aliphatic rings. The quantitative estimate of drug-likeness (QED) is 0.656. The van der Waals surface area contributed by atoms with Gasteiger partial charge in [0.25, 0.3) is 5.91 Å². The van der Waals surface area contributed by atoms with E-state index in [4.69, 9.17) is 5.26 Å². The Morgan fingerprint density at radius 1 is 1.41 bits per heavy atom. The number of aromatic nitrogens is 2. The van der Waals surface area contributed by atoms with Gasteiger partial charge in [-0.25, -0.2) is 4.98 Å². The van der Waals surface area contributed by atoms with Crippen LogP contribution in [0.2, 0.25) is 0 Å². The molecule has 1 N–H and O–H groups in total. The van der Waals surface area contributed by atoms with Gasteiger partial charge < -0.3 is 9.88 Å². The number of nitrogens with one attached hydrogen (secondary N) is 1. The van der Waals surface area contributed by atoms with Crippen molar-refractivity contribution in [1.29, 1.82) is 5.26 Å². The van der Waals surface area contributed by atoms with Gasteiger partial charge >= 0.3 is 0 Å². The molecular formula is C17H18N4O. The minimum atomic E-state index is -0.350. The molecule has 0 saturated heterocycles. The van der Waals surface area contributed by atoms with Crippen LogP contribution in [0.25, 0.3) is 6.08 Å². The third kappa shape index (κ3) is 4.06. The molecule has 5 nitrogen and oxygen atoms in total. The minimum absolute atomic E-state index is 0.0864. The fraction of sp³-hybridized carbons (Fsp3) is 0.235. The SMILES string of the molecule is CCCNC(=O)/C(C#N)=C/c1cncn1Cc1ccccc1. The molecule has 0 saturated carbocycles. The van der Waals surface area contributed by atoms with Gasteiger partial charge in [-0.05, 0) is 18.1 Å². The summed E-state index contributed by atoms with van der Waals surface area (Å²) in [5.41, 5.74) is 1.94. The molecule has 1 aromatic carbocycles. The average Bonchev–Trinajstić information content (AvgIpc) is 2.98. The van der Waals surface area contributed by atoms with Crippen LogP contribution in [0.15, 0.2) is 48.4 Å². The van der Waals surface area contributed by atoms with Crippen LogP contribution in [-0.2, 0) is 11.3 Å². The van der Waals surface area contributed by atoms with Gasteiger partial charge in [0, 0.05) is 13.1 Å². The highest BCUT2D eigenvalue weighted by Crippen LogP contribution is 2.10. The van der Waals surface area contributed by atoms with Crippen molar-refractivity contribution in [2.24, 2.45) is 0 Å². The highest BCUT2D eigenvalue weighted by atomic mass is 16.1. The van der Waals surface area contributed by atoms with Gasteiger partial charge in [-0.1, -0.05) is 37.3 Å². The molecule has 0 bridgehead atoms. The number of hydrogen-bond acceptors (Lipinski definition) is 3.